The van der Waals surface area contributed by atoms with Crippen molar-refractivity contribution in [1.82, 2.24) is 4.98 Å². The Balaban J connectivity index is 1.60. The normalized spacial score (nSPS) is 15.4. The predicted octanol–water partition coefficient (Wildman–Crippen LogP) is 4.62. The van der Waals surface area contributed by atoms with E-state index >= 15 is 0 Å². The fraction of sp³-hybridized carbons (Fsp3) is 0.368. The third-order valence-electron chi connectivity index (χ3n) is 4.65. The number of piperidine rings is 1. The SMILES string of the molecule is COc1cccc(NC(=O)C2CCN(c3ncc(C(F)(F)F)cc3Cl)CC2)c1. The van der Waals surface area contributed by atoms with Gasteiger partial charge in [-0.05, 0) is 31.0 Å². The monoisotopic (exact) mass is 413 g/mol. The molecule has 0 aliphatic carbocycles. The topological polar surface area (TPSA) is 54.5 Å². The van der Waals surface area contributed by atoms with Crippen molar-refractivity contribution >= 4 is 29.0 Å². The molecule has 2 heterocycles. The summed E-state index contributed by atoms with van der Waals surface area (Å²) in [7, 11) is 1.55. The lowest BCUT2D eigenvalue weighted by Crippen LogP contribution is -2.38. The molecule has 2 aromatic rings. The predicted molar refractivity (Wildman–Crippen MR) is 101 cm³/mol. The van der Waals surface area contributed by atoms with Crippen molar-refractivity contribution in [3.8, 4) is 5.75 Å². The van der Waals surface area contributed by atoms with E-state index in [0.717, 1.165) is 12.3 Å². The fourth-order valence-electron chi connectivity index (χ4n) is 3.12. The largest absolute Gasteiger partial charge is 0.497 e. The zero-order valence-electron chi connectivity index (χ0n) is 15.1. The van der Waals surface area contributed by atoms with Crippen molar-refractivity contribution in [2.24, 2.45) is 5.92 Å². The lowest BCUT2D eigenvalue weighted by atomic mass is 9.95. The number of amides is 1. The van der Waals surface area contributed by atoms with E-state index in [4.69, 9.17) is 16.3 Å². The van der Waals surface area contributed by atoms with Crippen molar-refractivity contribution < 1.29 is 22.7 Å². The van der Waals surface area contributed by atoms with Gasteiger partial charge in [0.1, 0.15) is 11.6 Å². The van der Waals surface area contributed by atoms with Crippen molar-refractivity contribution in [2.45, 2.75) is 19.0 Å². The van der Waals surface area contributed by atoms with Crippen molar-refractivity contribution in [3.05, 3.63) is 47.1 Å². The zero-order valence-corrected chi connectivity index (χ0v) is 15.8. The second kappa shape index (κ2) is 8.26. The quantitative estimate of drug-likeness (QED) is 0.794. The van der Waals surface area contributed by atoms with E-state index in [9.17, 15) is 18.0 Å². The Morgan fingerprint density at radius 1 is 1.29 bits per heavy atom. The average molecular weight is 414 g/mol. The number of aromatic nitrogens is 1. The number of rotatable bonds is 4. The number of methoxy groups -OCH3 is 1. The summed E-state index contributed by atoms with van der Waals surface area (Å²) >= 11 is 6.01. The summed E-state index contributed by atoms with van der Waals surface area (Å²) in [6.45, 7) is 0.961. The van der Waals surface area contributed by atoms with Gasteiger partial charge in [0, 0.05) is 37.0 Å². The van der Waals surface area contributed by atoms with Crippen LogP contribution in [0.1, 0.15) is 18.4 Å². The second-order valence-electron chi connectivity index (χ2n) is 6.51. The first-order chi connectivity index (χ1) is 13.3. The highest BCUT2D eigenvalue weighted by Crippen LogP contribution is 2.34. The molecule has 0 unspecified atom stereocenters. The molecule has 1 amide bonds. The average Bonchev–Trinajstić information content (AvgIpc) is 2.67. The summed E-state index contributed by atoms with van der Waals surface area (Å²) in [5, 5.41) is 2.83. The minimum Gasteiger partial charge on any atom is -0.497 e. The Morgan fingerprint density at radius 3 is 2.61 bits per heavy atom. The summed E-state index contributed by atoms with van der Waals surface area (Å²) in [5.41, 5.74) is -0.229. The Morgan fingerprint density at radius 2 is 2.00 bits per heavy atom. The molecule has 1 aromatic carbocycles. The first-order valence-electron chi connectivity index (χ1n) is 8.70. The number of ether oxygens (including phenoxy) is 1. The molecule has 9 heteroatoms. The molecule has 5 nitrogen and oxygen atoms in total. The maximum absolute atomic E-state index is 12.7. The Bertz CT molecular complexity index is 853. The van der Waals surface area contributed by atoms with Crippen molar-refractivity contribution in [2.75, 3.05) is 30.4 Å². The summed E-state index contributed by atoms with van der Waals surface area (Å²) in [4.78, 5) is 18.2. The molecule has 1 N–H and O–H groups in total. The molecule has 0 spiro atoms. The minimum atomic E-state index is -4.49. The molecule has 0 radical (unpaired) electrons. The lowest BCUT2D eigenvalue weighted by molar-refractivity contribution is -0.137. The van der Waals surface area contributed by atoms with Gasteiger partial charge < -0.3 is 15.0 Å². The van der Waals surface area contributed by atoms with Crippen LogP contribution in [-0.4, -0.2) is 31.1 Å². The number of hydrogen-bond acceptors (Lipinski definition) is 4. The summed E-state index contributed by atoms with van der Waals surface area (Å²) in [5.74, 6) is 0.659. The first kappa shape index (κ1) is 20.3. The van der Waals surface area contributed by atoms with Crippen LogP contribution in [-0.2, 0) is 11.0 Å². The summed E-state index contributed by atoms with van der Waals surface area (Å²) < 4.78 is 43.4. The van der Waals surface area contributed by atoms with Crippen LogP contribution >= 0.6 is 11.6 Å². The standard InChI is InChI=1S/C19H19ClF3N3O2/c1-28-15-4-2-3-14(10-15)25-18(27)12-5-7-26(8-6-12)17-16(20)9-13(11-24-17)19(21,22)23/h2-4,9-12H,5-8H2,1H3,(H,25,27). The Hall–Kier alpha value is -2.48. The summed E-state index contributed by atoms with van der Waals surface area (Å²) in [6.07, 6.45) is -2.60. The maximum Gasteiger partial charge on any atom is 0.417 e. The highest BCUT2D eigenvalue weighted by atomic mass is 35.5. The minimum absolute atomic E-state index is 0.0471. The number of carbonyl (C=O) groups excluding carboxylic acids is 1. The number of carbonyl (C=O) groups is 1. The first-order valence-corrected chi connectivity index (χ1v) is 9.08. The maximum atomic E-state index is 12.7. The molecule has 1 aromatic heterocycles. The van der Waals surface area contributed by atoms with E-state index in [1.165, 1.54) is 0 Å². The van der Waals surface area contributed by atoms with Gasteiger partial charge in [0.05, 0.1) is 17.7 Å². The van der Waals surface area contributed by atoms with Gasteiger partial charge in [-0.15, -0.1) is 0 Å². The molecule has 150 valence electrons. The molecule has 1 saturated heterocycles. The van der Waals surface area contributed by atoms with E-state index in [-0.39, 0.29) is 16.8 Å². The highest BCUT2D eigenvalue weighted by Gasteiger charge is 2.33. The molecule has 0 bridgehead atoms. The van der Waals surface area contributed by atoms with E-state index in [1.807, 2.05) is 0 Å². The van der Waals surface area contributed by atoms with Crippen LogP contribution in [0.3, 0.4) is 0 Å². The third-order valence-corrected chi connectivity index (χ3v) is 4.93. The smallest absolute Gasteiger partial charge is 0.417 e. The van der Waals surface area contributed by atoms with E-state index in [2.05, 4.69) is 10.3 Å². The van der Waals surface area contributed by atoms with E-state index in [0.29, 0.717) is 43.2 Å². The highest BCUT2D eigenvalue weighted by molar-refractivity contribution is 6.33. The number of nitrogens with one attached hydrogen (secondary N) is 1. The van der Waals surface area contributed by atoms with Crippen LogP contribution in [0.2, 0.25) is 5.02 Å². The second-order valence-corrected chi connectivity index (χ2v) is 6.92. The van der Waals surface area contributed by atoms with Crippen LogP contribution in [0.25, 0.3) is 0 Å². The number of alkyl halides is 3. The Kier molecular flexibility index (Phi) is 5.98. The van der Waals surface area contributed by atoms with Gasteiger partial charge in [0.2, 0.25) is 5.91 Å². The van der Waals surface area contributed by atoms with Gasteiger partial charge in [0.15, 0.2) is 0 Å². The molecule has 3 rings (SSSR count). The molecule has 1 aliphatic rings. The van der Waals surface area contributed by atoms with Gasteiger partial charge in [0.25, 0.3) is 0 Å². The molecular formula is C19H19ClF3N3O2. The van der Waals surface area contributed by atoms with Crippen molar-refractivity contribution in [1.29, 1.82) is 0 Å². The van der Waals surface area contributed by atoms with Crippen LogP contribution < -0.4 is 15.0 Å². The van der Waals surface area contributed by atoms with Gasteiger partial charge in [-0.1, -0.05) is 17.7 Å². The molecule has 0 saturated carbocycles. The number of anilines is 2. The molecule has 28 heavy (non-hydrogen) atoms. The fourth-order valence-corrected chi connectivity index (χ4v) is 3.40. The van der Waals surface area contributed by atoms with Gasteiger partial charge in [-0.25, -0.2) is 4.98 Å². The molecule has 1 aliphatic heterocycles. The molecular weight excluding hydrogens is 395 g/mol. The van der Waals surface area contributed by atoms with Crippen LogP contribution in [0.15, 0.2) is 36.5 Å². The van der Waals surface area contributed by atoms with E-state index < -0.39 is 11.7 Å². The Labute approximate surface area is 165 Å². The summed E-state index contributed by atoms with van der Waals surface area (Å²) in [6, 6.07) is 7.97. The van der Waals surface area contributed by atoms with E-state index in [1.54, 1.807) is 36.3 Å². The number of hydrogen-bond donors (Lipinski definition) is 1. The van der Waals surface area contributed by atoms with Gasteiger partial charge in [-0.3, -0.25) is 4.79 Å². The van der Waals surface area contributed by atoms with Crippen LogP contribution in [0.4, 0.5) is 24.7 Å². The van der Waals surface area contributed by atoms with Crippen LogP contribution in [0, 0.1) is 5.92 Å². The zero-order chi connectivity index (χ0) is 20.3. The lowest BCUT2D eigenvalue weighted by Gasteiger charge is -2.32. The number of pyridine rings is 1. The van der Waals surface area contributed by atoms with Crippen LogP contribution in [0.5, 0.6) is 5.75 Å². The third kappa shape index (κ3) is 4.67. The molecule has 0 atom stereocenters. The van der Waals surface area contributed by atoms with Crippen molar-refractivity contribution in [3.63, 3.8) is 0 Å². The molecule has 1 fully saturated rings. The van der Waals surface area contributed by atoms with Gasteiger partial charge in [-0.2, -0.15) is 13.2 Å². The number of nitrogens with zero attached hydrogens (tertiary/aromatic N) is 2. The number of halogens is 4. The number of benzene rings is 1. The van der Waals surface area contributed by atoms with Gasteiger partial charge >= 0.3 is 6.18 Å².